The Morgan fingerprint density at radius 2 is 1.77 bits per heavy atom. The van der Waals surface area contributed by atoms with Crippen LogP contribution in [0.5, 0.6) is 0 Å². The Labute approximate surface area is 135 Å². The summed E-state index contributed by atoms with van der Waals surface area (Å²) in [6.45, 7) is 9.45. The monoisotopic (exact) mass is 302 g/mol. The van der Waals surface area contributed by atoms with Gasteiger partial charge in [-0.25, -0.2) is 0 Å². The van der Waals surface area contributed by atoms with E-state index >= 15 is 0 Å². The highest BCUT2D eigenvalue weighted by Gasteiger charge is 2.23. The van der Waals surface area contributed by atoms with Crippen molar-refractivity contribution in [2.24, 2.45) is 5.92 Å². The van der Waals surface area contributed by atoms with Crippen LogP contribution in [0.25, 0.3) is 0 Å². The summed E-state index contributed by atoms with van der Waals surface area (Å²) >= 11 is 0. The predicted molar refractivity (Wildman–Crippen MR) is 92.3 cm³/mol. The summed E-state index contributed by atoms with van der Waals surface area (Å²) in [6, 6.07) is 8.14. The van der Waals surface area contributed by atoms with Crippen molar-refractivity contribution in [1.29, 1.82) is 0 Å². The molecule has 22 heavy (non-hydrogen) atoms. The molecule has 0 atom stereocenters. The van der Waals surface area contributed by atoms with Crippen molar-refractivity contribution in [2.45, 2.75) is 45.4 Å². The highest BCUT2D eigenvalue weighted by molar-refractivity contribution is 5.94. The van der Waals surface area contributed by atoms with Crippen LogP contribution in [0.3, 0.4) is 0 Å². The van der Waals surface area contributed by atoms with Crippen LogP contribution in [-0.2, 0) is 5.41 Å². The zero-order chi connectivity index (χ0) is 16.2. The first-order valence-electron chi connectivity index (χ1n) is 8.46. The fourth-order valence-electron chi connectivity index (χ4n) is 3.07. The number of rotatable bonds is 4. The Kier molecular flexibility index (Phi) is 5.63. The Hall–Kier alpha value is -1.35. The number of amides is 1. The zero-order valence-electron chi connectivity index (χ0n) is 14.5. The number of likely N-dealkylation sites (tertiary alicyclic amines) is 1. The number of benzene rings is 1. The highest BCUT2D eigenvalue weighted by atomic mass is 16.2. The Balaban J connectivity index is 1.92. The lowest BCUT2D eigenvalue weighted by molar-refractivity contribution is 0.0687. The summed E-state index contributed by atoms with van der Waals surface area (Å²) in [5, 5.41) is 3.21. The van der Waals surface area contributed by atoms with Crippen LogP contribution in [0.2, 0.25) is 0 Å². The molecule has 0 radical (unpaired) electrons. The van der Waals surface area contributed by atoms with Gasteiger partial charge in [-0.1, -0.05) is 32.9 Å². The quantitative estimate of drug-likeness (QED) is 0.924. The molecule has 2 rings (SSSR count). The first kappa shape index (κ1) is 17.0. The van der Waals surface area contributed by atoms with Crippen LogP contribution in [0.1, 0.15) is 56.0 Å². The molecule has 1 aromatic rings. The third-order valence-corrected chi connectivity index (χ3v) is 4.70. The van der Waals surface area contributed by atoms with Crippen LogP contribution in [0, 0.1) is 5.92 Å². The Morgan fingerprint density at radius 3 is 2.27 bits per heavy atom. The second kappa shape index (κ2) is 7.28. The van der Waals surface area contributed by atoms with Gasteiger partial charge in [-0.3, -0.25) is 4.79 Å². The number of nitrogens with zero attached hydrogens (tertiary/aromatic N) is 1. The van der Waals surface area contributed by atoms with Gasteiger partial charge in [0.2, 0.25) is 0 Å². The van der Waals surface area contributed by atoms with Crippen molar-refractivity contribution < 1.29 is 4.79 Å². The predicted octanol–water partition coefficient (Wildman–Crippen LogP) is 3.45. The van der Waals surface area contributed by atoms with Crippen LogP contribution >= 0.6 is 0 Å². The normalized spacial score (nSPS) is 16.8. The molecule has 0 saturated carbocycles. The van der Waals surface area contributed by atoms with E-state index in [4.69, 9.17) is 0 Å². The molecule has 1 amide bonds. The van der Waals surface area contributed by atoms with Gasteiger partial charge in [0.25, 0.3) is 5.91 Å². The second-order valence-electron chi connectivity index (χ2n) is 7.46. The molecule has 0 aromatic heterocycles. The second-order valence-corrected chi connectivity index (χ2v) is 7.46. The summed E-state index contributed by atoms with van der Waals surface area (Å²) in [6.07, 6.45) is 3.49. The molecule has 1 fully saturated rings. The molecule has 0 bridgehead atoms. The van der Waals surface area contributed by atoms with Gasteiger partial charge in [0.1, 0.15) is 0 Å². The lowest BCUT2D eigenvalue weighted by Crippen LogP contribution is -2.39. The topological polar surface area (TPSA) is 32.3 Å². The minimum Gasteiger partial charge on any atom is -0.339 e. The molecule has 0 aliphatic carbocycles. The number of carbonyl (C=O) groups is 1. The highest BCUT2D eigenvalue weighted by Crippen LogP contribution is 2.24. The third-order valence-electron chi connectivity index (χ3n) is 4.70. The molecule has 122 valence electrons. The molecule has 0 unspecified atom stereocenters. The molecule has 1 aliphatic rings. The fourth-order valence-corrected chi connectivity index (χ4v) is 3.07. The number of hydrogen-bond acceptors (Lipinski definition) is 2. The Bertz CT molecular complexity index is 479. The van der Waals surface area contributed by atoms with E-state index in [1.165, 1.54) is 12.0 Å². The van der Waals surface area contributed by atoms with Gasteiger partial charge in [0.15, 0.2) is 0 Å². The minimum atomic E-state index is 0.132. The summed E-state index contributed by atoms with van der Waals surface area (Å²) < 4.78 is 0. The minimum absolute atomic E-state index is 0.132. The van der Waals surface area contributed by atoms with Crippen LogP contribution in [0.15, 0.2) is 24.3 Å². The van der Waals surface area contributed by atoms with Gasteiger partial charge in [0.05, 0.1) is 0 Å². The van der Waals surface area contributed by atoms with Crippen LogP contribution < -0.4 is 5.32 Å². The van der Waals surface area contributed by atoms with E-state index in [-0.39, 0.29) is 11.3 Å². The maximum Gasteiger partial charge on any atom is 0.253 e. The molecule has 1 N–H and O–H groups in total. The van der Waals surface area contributed by atoms with Gasteiger partial charge in [-0.05, 0) is 61.9 Å². The van der Waals surface area contributed by atoms with Crippen molar-refractivity contribution in [2.75, 3.05) is 26.7 Å². The van der Waals surface area contributed by atoms with Gasteiger partial charge in [-0.2, -0.15) is 0 Å². The maximum atomic E-state index is 12.6. The number of carbonyl (C=O) groups excluding carboxylic acids is 1. The standard InChI is InChI=1S/C19H30N2O/c1-19(2,3)17-7-5-16(6-8-17)18(22)21-13-10-15(11-14-21)9-12-20-4/h5-8,15,20H,9-14H2,1-4H3. The van der Waals surface area contributed by atoms with Crippen molar-refractivity contribution in [3.63, 3.8) is 0 Å². The molecule has 3 heteroatoms. The van der Waals surface area contributed by atoms with E-state index in [1.54, 1.807) is 0 Å². The maximum absolute atomic E-state index is 12.6. The average molecular weight is 302 g/mol. The van der Waals surface area contributed by atoms with E-state index in [2.05, 4.69) is 38.2 Å². The van der Waals surface area contributed by atoms with Crippen LogP contribution in [-0.4, -0.2) is 37.5 Å². The lowest BCUT2D eigenvalue weighted by Gasteiger charge is -2.32. The van der Waals surface area contributed by atoms with Crippen molar-refractivity contribution >= 4 is 5.91 Å². The molecular formula is C19H30N2O. The van der Waals surface area contributed by atoms with Crippen LogP contribution in [0.4, 0.5) is 0 Å². The van der Waals surface area contributed by atoms with E-state index < -0.39 is 0 Å². The summed E-state index contributed by atoms with van der Waals surface area (Å²) in [7, 11) is 2.00. The van der Waals surface area contributed by atoms with Gasteiger partial charge < -0.3 is 10.2 Å². The fraction of sp³-hybridized carbons (Fsp3) is 0.632. The van der Waals surface area contributed by atoms with Gasteiger partial charge in [0, 0.05) is 18.7 Å². The van der Waals surface area contributed by atoms with Gasteiger partial charge >= 0.3 is 0 Å². The average Bonchev–Trinajstić information content (AvgIpc) is 2.52. The molecule has 1 heterocycles. The lowest BCUT2D eigenvalue weighted by atomic mass is 9.86. The molecule has 1 aliphatic heterocycles. The summed E-state index contributed by atoms with van der Waals surface area (Å²) in [5.41, 5.74) is 2.23. The molecule has 0 spiro atoms. The summed E-state index contributed by atoms with van der Waals surface area (Å²) in [4.78, 5) is 14.6. The van der Waals surface area contributed by atoms with E-state index in [0.717, 1.165) is 44.0 Å². The number of nitrogens with one attached hydrogen (secondary N) is 1. The Morgan fingerprint density at radius 1 is 1.18 bits per heavy atom. The van der Waals surface area contributed by atoms with Crippen molar-refractivity contribution in [1.82, 2.24) is 10.2 Å². The number of hydrogen-bond donors (Lipinski definition) is 1. The first-order chi connectivity index (χ1) is 10.4. The molecule has 3 nitrogen and oxygen atoms in total. The van der Waals surface area contributed by atoms with Crippen molar-refractivity contribution in [3.05, 3.63) is 35.4 Å². The smallest absolute Gasteiger partial charge is 0.253 e. The van der Waals surface area contributed by atoms with E-state index in [1.807, 2.05) is 24.1 Å². The largest absolute Gasteiger partial charge is 0.339 e. The van der Waals surface area contributed by atoms with Gasteiger partial charge in [-0.15, -0.1) is 0 Å². The zero-order valence-corrected chi connectivity index (χ0v) is 14.5. The van der Waals surface area contributed by atoms with E-state index in [0.29, 0.717) is 0 Å². The first-order valence-corrected chi connectivity index (χ1v) is 8.46. The SMILES string of the molecule is CNCCC1CCN(C(=O)c2ccc(C(C)(C)C)cc2)CC1. The third kappa shape index (κ3) is 4.33. The van der Waals surface area contributed by atoms with E-state index in [9.17, 15) is 4.79 Å². The molecular weight excluding hydrogens is 272 g/mol. The molecule has 1 saturated heterocycles. The number of piperidine rings is 1. The van der Waals surface area contributed by atoms with Crippen molar-refractivity contribution in [3.8, 4) is 0 Å². The summed E-state index contributed by atoms with van der Waals surface area (Å²) in [5.74, 6) is 0.951. The molecule has 1 aromatic carbocycles.